The molecule has 0 N–H and O–H groups in total. The van der Waals surface area contributed by atoms with Gasteiger partial charge in [-0.2, -0.15) is 0 Å². The molecule has 0 radical (unpaired) electrons. The molecule has 0 aliphatic carbocycles. The van der Waals surface area contributed by atoms with E-state index in [-0.39, 0.29) is 0 Å². The van der Waals surface area contributed by atoms with Gasteiger partial charge in [0.1, 0.15) is 5.75 Å². The number of ether oxygens (including phenoxy) is 1. The first kappa shape index (κ1) is 10.7. The number of aryl methyl sites for hydroxylation is 1. The molecule has 0 atom stereocenters. The van der Waals surface area contributed by atoms with Gasteiger partial charge in [0.05, 0.1) is 7.11 Å². The van der Waals surface area contributed by atoms with Crippen molar-refractivity contribution < 1.29 is 4.74 Å². The van der Waals surface area contributed by atoms with Crippen molar-refractivity contribution >= 4 is 0 Å². The van der Waals surface area contributed by atoms with Gasteiger partial charge in [0.2, 0.25) is 0 Å². The van der Waals surface area contributed by atoms with Crippen LogP contribution in [0, 0.1) is 6.92 Å². The summed E-state index contributed by atoms with van der Waals surface area (Å²) in [6.45, 7) is 2.08. The molecule has 2 aromatic carbocycles. The number of methoxy groups -OCH3 is 1. The zero-order valence-corrected chi connectivity index (χ0v) is 9.73. The molecule has 0 bridgehead atoms. The molecule has 0 spiro atoms. The molecular weight excluding hydrogens is 196 g/mol. The molecule has 16 heavy (non-hydrogen) atoms. The first-order valence-electron chi connectivity index (χ1n) is 5.47. The Morgan fingerprint density at radius 1 is 1.00 bits per heavy atom. The summed E-state index contributed by atoms with van der Waals surface area (Å²) in [5.74, 6) is 0.976. The second-order valence-electron chi connectivity index (χ2n) is 3.98. The van der Waals surface area contributed by atoms with E-state index in [0.717, 1.165) is 12.2 Å². The Balaban J connectivity index is 2.28. The highest BCUT2D eigenvalue weighted by Gasteiger charge is 2.03. The third-order valence-electron chi connectivity index (χ3n) is 2.68. The Morgan fingerprint density at radius 3 is 2.44 bits per heavy atom. The lowest BCUT2D eigenvalue weighted by Crippen LogP contribution is -1.94. The van der Waals surface area contributed by atoms with E-state index in [1.54, 1.807) is 7.11 Å². The highest BCUT2D eigenvalue weighted by atomic mass is 16.5. The Hall–Kier alpha value is -1.76. The predicted molar refractivity (Wildman–Crippen MR) is 67.0 cm³/mol. The highest BCUT2D eigenvalue weighted by molar-refractivity contribution is 5.40. The van der Waals surface area contributed by atoms with Gasteiger partial charge in [-0.1, -0.05) is 42.5 Å². The second kappa shape index (κ2) is 4.84. The van der Waals surface area contributed by atoms with Gasteiger partial charge >= 0.3 is 0 Å². The molecule has 2 rings (SSSR count). The van der Waals surface area contributed by atoms with Crippen LogP contribution in [0.25, 0.3) is 0 Å². The van der Waals surface area contributed by atoms with Crippen LogP contribution in [0.1, 0.15) is 16.7 Å². The molecular formula is C15H16O. The van der Waals surface area contributed by atoms with Gasteiger partial charge < -0.3 is 4.74 Å². The maximum atomic E-state index is 5.40. The molecule has 82 valence electrons. The summed E-state index contributed by atoms with van der Waals surface area (Å²) in [4.78, 5) is 0. The lowest BCUT2D eigenvalue weighted by atomic mass is 10.0. The van der Waals surface area contributed by atoms with Gasteiger partial charge in [0, 0.05) is 6.42 Å². The maximum Gasteiger partial charge on any atom is 0.122 e. The van der Waals surface area contributed by atoms with E-state index in [2.05, 4.69) is 49.4 Å². The van der Waals surface area contributed by atoms with Crippen molar-refractivity contribution in [1.82, 2.24) is 0 Å². The first-order chi connectivity index (χ1) is 7.79. The Labute approximate surface area is 96.7 Å². The molecule has 0 saturated heterocycles. The Kier molecular flexibility index (Phi) is 3.25. The van der Waals surface area contributed by atoms with E-state index in [4.69, 9.17) is 4.74 Å². The van der Waals surface area contributed by atoms with Crippen molar-refractivity contribution in [2.45, 2.75) is 13.3 Å². The van der Waals surface area contributed by atoms with E-state index in [0.29, 0.717) is 0 Å². The van der Waals surface area contributed by atoms with Gasteiger partial charge in [-0.25, -0.2) is 0 Å². The van der Waals surface area contributed by atoms with Gasteiger partial charge in [0.15, 0.2) is 0 Å². The van der Waals surface area contributed by atoms with Crippen molar-refractivity contribution in [3.63, 3.8) is 0 Å². The quantitative estimate of drug-likeness (QED) is 0.755. The van der Waals surface area contributed by atoms with E-state index < -0.39 is 0 Å². The predicted octanol–water partition coefficient (Wildman–Crippen LogP) is 3.59. The molecule has 0 aromatic heterocycles. The SMILES string of the molecule is COc1cc(C)ccc1Cc1ccccc1. The van der Waals surface area contributed by atoms with Crippen molar-refractivity contribution in [3.05, 3.63) is 65.2 Å². The minimum Gasteiger partial charge on any atom is -0.496 e. The lowest BCUT2D eigenvalue weighted by Gasteiger charge is -2.09. The number of rotatable bonds is 3. The van der Waals surface area contributed by atoms with Crippen LogP contribution < -0.4 is 4.74 Å². The molecule has 0 fully saturated rings. The largest absolute Gasteiger partial charge is 0.496 e. The normalized spacial score (nSPS) is 10.1. The number of hydrogen-bond acceptors (Lipinski definition) is 1. The van der Waals surface area contributed by atoms with Gasteiger partial charge in [-0.3, -0.25) is 0 Å². The van der Waals surface area contributed by atoms with Crippen molar-refractivity contribution in [1.29, 1.82) is 0 Å². The van der Waals surface area contributed by atoms with Crippen LogP contribution in [0.4, 0.5) is 0 Å². The Morgan fingerprint density at radius 2 is 1.75 bits per heavy atom. The van der Waals surface area contributed by atoms with E-state index >= 15 is 0 Å². The van der Waals surface area contributed by atoms with Gasteiger partial charge in [-0.05, 0) is 29.7 Å². The summed E-state index contributed by atoms with van der Waals surface area (Å²) < 4.78 is 5.40. The smallest absolute Gasteiger partial charge is 0.122 e. The van der Waals surface area contributed by atoms with Gasteiger partial charge in [0.25, 0.3) is 0 Å². The molecule has 0 aliphatic rings. The van der Waals surface area contributed by atoms with Crippen LogP contribution in [0.3, 0.4) is 0 Å². The molecule has 0 heterocycles. The summed E-state index contributed by atoms with van der Waals surface area (Å²) in [6.07, 6.45) is 0.921. The summed E-state index contributed by atoms with van der Waals surface area (Å²) in [5.41, 5.74) is 3.78. The van der Waals surface area contributed by atoms with E-state index in [9.17, 15) is 0 Å². The van der Waals surface area contributed by atoms with Gasteiger partial charge in [-0.15, -0.1) is 0 Å². The Bertz CT molecular complexity index is 460. The summed E-state index contributed by atoms with van der Waals surface area (Å²) >= 11 is 0. The number of benzene rings is 2. The monoisotopic (exact) mass is 212 g/mol. The molecule has 0 saturated carbocycles. The van der Waals surface area contributed by atoms with Crippen LogP contribution in [-0.4, -0.2) is 7.11 Å². The molecule has 0 unspecified atom stereocenters. The standard InChI is InChI=1S/C15H16O/c1-12-8-9-14(15(10-12)16-2)11-13-6-4-3-5-7-13/h3-10H,11H2,1-2H3. The fraction of sp³-hybridized carbons (Fsp3) is 0.200. The molecule has 1 nitrogen and oxygen atoms in total. The fourth-order valence-electron chi connectivity index (χ4n) is 1.81. The maximum absolute atomic E-state index is 5.40. The fourth-order valence-corrected chi connectivity index (χ4v) is 1.81. The molecule has 0 aliphatic heterocycles. The minimum atomic E-state index is 0.921. The third-order valence-corrected chi connectivity index (χ3v) is 2.68. The second-order valence-corrected chi connectivity index (χ2v) is 3.98. The summed E-state index contributed by atoms with van der Waals surface area (Å²) in [6, 6.07) is 16.8. The van der Waals surface area contributed by atoms with Crippen LogP contribution in [0.5, 0.6) is 5.75 Å². The lowest BCUT2D eigenvalue weighted by molar-refractivity contribution is 0.410. The topological polar surface area (TPSA) is 9.23 Å². The highest BCUT2D eigenvalue weighted by Crippen LogP contribution is 2.22. The summed E-state index contributed by atoms with van der Waals surface area (Å²) in [7, 11) is 1.73. The van der Waals surface area contributed by atoms with Crippen molar-refractivity contribution in [2.75, 3.05) is 7.11 Å². The molecule has 1 heteroatoms. The van der Waals surface area contributed by atoms with E-state index in [1.165, 1.54) is 16.7 Å². The van der Waals surface area contributed by atoms with Crippen molar-refractivity contribution in [2.24, 2.45) is 0 Å². The third kappa shape index (κ3) is 2.43. The average molecular weight is 212 g/mol. The van der Waals surface area contributed by atoms with Crippen molar-refractivity contribution in [3.8, 4) is 5.75 Å². The first-order valence-corrected chi connectivity index (χ1v) is 5.47. The van der Waals surface area contributed by atoms with Crippen LogP contribution in [-0.2, 0) is 6.42 Å². The molecule has 2 aromatic rings. The van der Waals surface area contributed by atoms with Crippen LogP contribution in [0.15, 0.2) is 48.5 Å². The molecule has 0 amide bonds. The zero-order chi connectivity index (χ0) is 11.4. The zero-order valence-electron chi connectivity index (χ0n) is 9.73. The average Bonchev–Trinajstić information content (AvgIpc) is 2.33. The van der Waals surface area contributed by atoms with Crippen LogP contribution >= 0.6 is 0 Å². The van der Waals surface area contributed by atoms with E-state index in [1.807, 2.05) is 6.07 Å². The minimum absolute atomic E-state index is 0.921. The summed E-state index contributed by atoms with van der Waals surface area (Å²) in [5, 5.41) is 0. The van der Waals surface area contributed by atoms with Crippen LogP contribution in [0.2, 0.25) is 0 Å². The number of hydrogen-bond donors (Lipinski definition) is 0.